The fourth-order valence-corrected chi connectivity index (χ4v) is 4.40. The van der Waals surface area contributed by atoms with Gasteiger partial charge in [0, 0.05) is 11.1 Å². The number of ether oxygens (including phenoxy) is 2. The molecule has 38 heavy (non-hydrogen) atoms. The molecule has 0 saturated heterocycles. The van der Waals surface area contributed by atoms with Crippen molar-refractivity contribution in [2.75, 3.05) is 0 Å². The molecule has 0 bridgehead atoms. The minimum atomic E-state index is -1.67. The zero-order valence-corrected chi connectivity index (χ0v) is 24.9. The van der Waals surface area contributed by atoms with E-state index in [1.54, 1.807) is 24.3 Å². The number of hydrogen-bond acceptors (Lipinski definition) is 4. The Morgan fingerprint density at radius 1 is 0.553 bits per heavy atom. The minimum absolute atomic E-state index is 0.329. The molecule has 3 rings (SSSR count). The Morgan fingerprint density at radius 3 is 1.16 bits per heavy atom. The average Bonchev–Trinajstić information content (AvgIpc) is 2.88. The summed E-state index contributed by atoms with van der Waals surface area (Å²) in [4.78, 5) is 25.9. The maximum atomic E-state index is 13.0. The predicted octanol–water partition coefficient (Wildman–Crippen LogP) is 7.24. The lowest BCUT2D eigenvalue weighted by molar-refractivity contribution is 0.0393. The molecule has 0 heterocycles. The Hall–Kier alpha value is -3.85. The lowest BCUT2D eigenvalue weighted by Gasteiger charge is -2.15. The fourth-order valence-electron chi connectivity index (χ4n) is 3.27. The van der Waals surface area contributed by atoms with Crippen molar-refractivity contribution in [3.8, 4) is 22.9 Å². The van der Waals surface area contributed by atoms with Crippen molar-refractivity contribution in [1.82, 2.24) is 0 Å². The van der Waals surface area contributed by atoms with E-state index in [4.69, 9.17) is 9.47 Å². The Kier molecular flexibility index (Phi) is 9.52. The van der Waals surface area contributed by atoms with Gasteiger partial charge in [0.1, 0.15) is 16.1 Å². The van der Waals surface area contributed by atoms with E-state index in [0.717, 1.165) is 11.1 Å². The Bertz CT molecular complexity index is 1250. The van der Waals surface area contributed by atoms with E-state index in [2.05, 4.69) is 62.2 Å². The molecule has 3 aromatic carbocycles. The monoisotopic (exact) mass is 538 g/mol. The first-order chi connectivity index (χ1) is 17.9. The van der Waals surface area contributed by atoms with Crippen molar-refractivity contribution in [3.05, 3.63) is 107 Å². The van der Waals surface area contributed by atoms with Crippen LogP contribution in [0.25, 0.3) is 0 Å². The molecule has 2 atom stereocenters. The molecule has 2 unspecified atom stereocenters. The Morgan fingerprint density at radius 2 is 0.868 bits per heavy atom. The summed E-state index contributed by atoms with van der Waals surface area (Å²) in [5, 5.41) is 0. The van der Waals surface area contributed by atoms with Gasteiger partial charge in [0.15, 0.2) is 12.2 Å². The molecule has 0 radical (unpaired) electrons. The van der Waals surface area contributed by atoms with Gasteiger partial charge in [-0.25, -0.2) is 9.59 Å². The summed E-state index contributed by atoms with van der Waals surface area (Å²) in [7, 11) is -3.34. The molecule has 0 N–H and O–H groups in total. The average molecular weight is 539 g/mol. The van der Waals surface area contributed by atoms with Crippen LogP contribution in [0.1, 0.15) is 44.1 Å². The number of carbonyl (C=O) groups excluding carboxylic acids is 2. The van der Waals surface area contributed by atoms with Crippen molar-refractivity contribution in [3.63, 3.8) is 0 Å². The molecule has 0 aliphatic carbocycles. The maximum Gasteiger partial charge on any atom is 0.339 e. The van der Waals surface area contributed by atoms with E-state index >= 15 is 0 Å². The van der Waals surface area contributed by atoms with E-state index in [1.807, 2.05) is 60.7 Å². The SMILES string of the molecule is C[Si](C)(C)C#CC(OC(=O)c1ccc(C(=O)OC(C#C[Si](C)(C)C)c2ccccc2)cc1)c1ccccc1. The molecular weight excluding hydrogens is 505 g/mol. The van der Waals surface area contributed by atoms with Crippen LogP contribution in [0.3, 0.4) is 0 Å². The van der Waals surface area contributed by atoms with Gasteiger partial charge in [-0.15, -0.1) is 11.1 Å². The van der Waals surface area contributed by atoms with Crippen LogP contribution in [-0.4, -0.2) is 28.1 Å². The summed E-state index contributed by atoms with van der Waals surface area (Å²) in [6.45, 7) is 12.8. The first-order valence-corrected chi connectivity index (χ1v) is 19.6. The number of esters is 2. The second kappa shape index (κ2) is 12.6. The Balaban J connectivity index is 1.76. The van der Waals surface area contributed by atoms with Crippen molar-refractivity contribution in [1.29, 1.82) is 0 Å². The molecule has 194 valence electrons. The molecule has 6 heteroatoms. The van der Waals surface area contributed by atoms with E-state index in [9.17, 15) is 9.59 Å². The van der Waals surface area contributed by atoms with E-state index in [1.165, 1.54) is 0 Å². The van der Waals surface area contributed by atoms with Crippen LogP contribution in [0.5, 0.6) is 0 Å². The zero-order valence-electron chi connectivity index (χ0n) is 22.9. The predicted molar refractivity (Wildman–Crippen MR) is 158 cm³/mol. The summed E-state index contributed by atoms with van der Waals surface area (Å²) < 4.78 is 11.6. The first-order valence-electron chi connectivity index (χ1n) is 12.6. The van der Waals surface area contributed by atoms with Crippen LogP contribution in [0.15, 0.2) is 84.9 Å². The second-order valence-electron chi connectivity index (χ2n) is 11.0. The highest BCUT2D eigenvalue weighted by atomic mass is 28.3. The molecule has 0 spiro atoms. The van der Waals surface area contributed by atoms with Gasteiger partial charge in [0.25, 0.3) is 0 Å². The molecule has 0 saturated carbocycles. The lowest BCUT2D eigenvalue weighted by atomic mass is 10.1. The molecule has 4 nitrogen and oxygen atoms in total. The Labute approximate surface area is 228 Å². The molecule has 0 fully saturated rings. The third kappa shape index (κ3) is 9.23. The first kappa shape index (κ1) is 28.7. The molecule has 0 aliphatic heterocycles. The highest BCUT2D eigenvalue weighted by Crippen LogP contribution is 2.21. The summed E-state index contributed by atoms with van der Waals surface area (Å²) >= 11 is 0. The summed E-state index contributed by atoms with van der Waals surface area (Å²) in [5.74, 6) is 5.29. The molecule has 0 aliphatic rings. The molecule has 3 aromatic rings. The highest BCUT2D eigenvalue weighted by molar-refractivity contribution is 6.84. The van der Waals surface area contributed by atoms with Crippen molar-refractivity contribution < 1.29 is 19.1 Å². The minimum Gasteiger partial charge on any atom is -0.441 e. The van der Waals surface area contributed by atoms with Crippen LogP contribution in [-0.2, 0) is 9.47 Å². The normalized spacial score (nSPS) is 12.6. The van der Waals surface area contributed by atoms with Crippen molar-refractivity contribution in [2.24, 2.45) is 0 Å². The standard InChI is InChI=1S/C32H34O4Si2/c1-37(2,3)23-21-29(25-13-9-7-10-14-25)35-31(33)27-17-19-28(20-18-27)32(34)36-30(22-24-38(4,5)6)26-15-11-8-12-16-26/h7-20,29-30H,1-6H3. The van der Waals surface area contributed by atoms with E-state index in [0.29, 0.717) is 11.1 Å². The van der Waals surface area contributed by atoms with Gasteiger partial charge in [-0.1, -0.05) is 112 Å². The van der Waals surface area contributed by atoms with Gasteiger partial charge in [-0.3, -0.25) is 0 Å². The maximum absolute atomic E-state index is 13.0. The summed E-state index contributed by atoms with van der Waals surface area (Å²) in [6.07, 6.45) is -1.34. The quantitative estimate of drug-likeness (QED) is 0.189. The van der Waals surface area contributed by atoms with Gasteiger partial charge in [-0.2, -0.15) is 0 Å². The van der Waals surface area contributed by atoms with Gasteiger partial charge in [0.2, 0.25) is 0 Å². The van der Waals surface area contributed by atoms with Crippen molar-refractivity contribution in [2.45, 2.75) is 51.5 Å². The largest absolute Gasteiger partial charge is 0.441 e. The third-order valence-corrected chi connectivity index (χ3v) is 6.96. The van der Waals surface area contributed by atoms with Crippen LogP contribution in [0.2, 0.25) is 39.3 Å². The summed E-state index contributed by atoms with van der Waals surface area (Å²) in [5.41, 5.74) is 8.88. The molecule has 0 amide bonds. The van der Waals surface area contributed by atoms with Crippen LogP contribution in [0.4, 0.5) is 0 Å². The zero-order chi connectivity index (χ0) is 27.8. The van der Waals surface area contributed by atoms with Crippen LogP contribution in [0, 0.1) is 22.9 Å². The van der Waals surface area contributed by atoms with Gasteiger partial charge in [0.05, 0.1) is 11.1 Å². The van der Waals surface area contributed by atoms with Crippen molar-refractivity contribution >= 4 is 28.1 Å². The smallest absolute Gasteiger partial charge is 0.339 e. The van der Waals surface area contributed by atoms with Gasteiger partial charge in [-0.05, 0) is 24.3 Å². The summed E-state index contributed by atoms with van der Waals surface area (Å²) in [6, 6.07) is 25.2. The number of carbonyl (C=O) groups is 2. The van der Waals surface area contributed by atoms with E-state index < -0.39 is 40.3 Å². The van der Waals surface area contributed by atoms with Crippen LogP contribution < -0.4 is 0 Å². The molecule has 0 aromatic heterocycles. The fraction of sp³-hybridized carbons (Fsp3) is 0.250. The third-order valence-electron chi connectivity index (χ3n) is 5.17. The van der Waals surface area contributed by atoms with Gasteiger partial charge < -0.3 is 9.47 Å². The number of hydrogen-bond donors (Lipinski definition) is 0. The van der Waals surface area contributed by atoms with Crippen LogP contribution >= 0.6 is 0 Å². The highest BCUT2D eigenvalue weighted by Gasteiger charge is 2.20. The molecular formula is C32H34O4Si2. The number of benzene rings is 3. The second-order valence-corrected chi connectivity index (χ2v) is 20.5. The van der Waals surface area contributed by atoms with E-state index in [-0.39, 0.29) is 0 Å². The van der Waals surface area contributed by atoms with Gasteiger partial charge >= 0.3 is 11.9 Å². The topological polar surface area (TPSA) is 52.6 Å². The lowest BCUT2D eigenvalue weighted by Crippen LogP contribution is -2.18. The number of rotatable bonds is 6.